The first-order valence-electron chi connectivity index (χ1n) is 54.3. The van der Waals surface area contributed by atoms with Crippen molar-refractivity contribution in [3.8, 4) is 0 Å². The number of hydrogen-bond acceptors (Lipinski definition) is 28. The third-order valence-electron chi connectivity index (χ3n) is 41.3. The lowest BCUT2D eigenvalue weighted by Crippen LogP contribution is -2.62. The second kappa shape index (κ2) is 43.1. The van der Waals surface area contributed by atoms with Crippen LogP contribution in [0.5, 0.6) is 0 Å². The molecule has 818 valence electrons. The number of aromatic nitrogens is 9. The van der Waals surface area contributed by atoms with Crippen LogP contribution in [0.3, 0.4) is 0 Å². The molecule has 0 unspecified atom stereocenters. The summed E-state index contributed by atoms with van der Waals surface area (Å²) in [6.45, 7) is 18.6. The molecule has 37 nitrogen and oxygen atoms in total. The van der Waals surface area contributed by atoms with E-state index in [1.165, 1.54) is 36.4 Å². The average molecular weight is 2150 g/mol. The second-order valence-corrected chi connectivity index (χ2v) is 56.1. The number of carbonyl (C=O) groups is 6. The highest BCUT2D eigenvalue weighted by Crippen LogP contribution is 2.74. The zero-order valence-electron chi connectivity index (χ0n) is 87.0. The van der Waals surface area contributed by atoms with Crippen LogP contribution < -0.4 is 31.9 Å². The molecule has 3 aromatic heterocycles. The number of ether oxygens (including phenoxy) is 3. The van der Waals surface area contributed by atoms with Crippen molar-refractivity contribution in [2.75, 3.05) is 36.9 Å². The fourth-order valence-electron chi connectivity index (χ4n) is 33.2. The minimum Gasteiger partial charge on any atom is -0.455 e. The van der Waals surface area contributed by atoms with Gasteiger partial charge < -0.3 is 65.4 Å². The lowest BCUT2D eigenvalue weighted by Gasteiger charge is -2.63. The van der Waals surface area contributed by atoms with Gasteiger partial charge in [0.05, 0.1) is 107 Å². The Kier molecular flexibility index (Phi) is 31.9. The highest BCUT2D eigenvalue weighted by molar-refractivity contribution is 7.86. The molecule has 12 aliphatic carbocycles. The molecule has 33 atom stereocenters. The molecule has 12 fully saturated rings. The van der Waals surface area contributed by atoms with Gasteiger partial charge in [-0.1, -0.05) is 114 Å². The highest BCUT2D eigenvalue weighted by atomic mass is 32.2. The van der Waals surface area contributed by atoms with Gasteiger partial charge in [-0.2, -0.15) is 25.3 Å². The van der Waals surface area contributed by atoms with E-state index < -0.39 is 126 Å². The Morgan fingerprint density at radius 2 is 0.631 bits per heavy atom. The van der Waals surface area contributed by atoms with Gasteiger partial charge in [-0.3, -0.25) is 28.0 Å². The number of nitrogens with one attached hydrogen (secondary N) is 3. The van der Waals surface area contributed by atoms with Gasteiger partial charge in [-0.05, 0) is 330 Å². The number of hydrogen-bond donors (Lipinski definition) is 12. The Labute approximate surface area is 873 Å². The minimum absolute atomic E-state index is 0.00896. The van der Waals surface area contributed by atoms with E-state index in [4.69, 9.17) is 27.9 Å². The number of aliphatic hydroxyl groups is 6. The van der Waals surface area contributed by atoms with Crippen LogP contribution in [0.1, 0.15) is 302 Å². The van der Waals surface area contributed by atoms with E-state index in [0.29, 0.717) is 90.8 Å². The molecule has 18 rings (SSSR count). The van der Waals surface area contributed by atoms with E-state index in [9.17, 15) is 84.7 Å². The van der Waals surface area contributed by atoms with Crippen LogP contribution in [0.15, 0.2) is 91.4 Å². The highest BCUT2D eigenvalue weighted by Gasteiger charge is 2.70. The summed E-state index contributed by atoms with van der Waals surface area (Å²) >= 11 is 0. The van der Waals surface area contributed by atoms with E-state index in [0.717, 1.165) is 96.3 Å². The van der Waals surface area contributed by atoms with E-state index in [-0.39, 0.29) is 234 Å². The maximum absolute atomic E-state index is 16.5. The molecule has 149 heavy (non-hydrogen) atoms. The number of rotatable bonds is 36. The molecule has 0 bridgehead atoms. The number of fused-ring (bicyclic) bond motifs is 15. The molecule has 12 N–H and O–H groups in total. The predicted molar refractivity (Wildman–Crippen MR) is 548 cm³/mol. The van der Waals surface area contributed by atoms with Crippen molar-refractivity contribution in [2.45, 2.75) is 310 Å². The number of nitrogens with zero attached hydrogens (tertiary/aromatic N) is 9. The van der Waals surface area contributed by atoms with Crippen molar-refractivity contribution in [3.05, 3.63) is 125 Å². The summed E-state index contributed by atoms with van der Waals surface area (Å²) in [5, 5.41) is 110. The van der Waals surface area contributed by atoms with Crippen LogP contribution in [0, 0.1) is 139 Å². The molecule has 0 radical (unpaired) electrons. The van der Waals surface area contributed by atoms with Gasteiger partial charge in [0.25, 0.3) is 30.4 Å². The van der Waals surface area contributed by atoms with Gasteiger partial charge in [-0.25, -0.2) is 28.4 Å². The molecule has 12 saturated carbocycles. The standard InChI is InChI=1S/C108H153N12O25PS3/c1-61(10-31-94(127)109-40-43-147(134,135)136)79-25-28-82-97-85(52-91(124)106(79,82)7)103(4)37-34-73(46-67(103)49-88(97)121)118-55-70(112-115-118)58-143-100(130)64-13-19-76(20-14-64)146(133,77-21-15-65(16-22-77)101(131)144-59-71-56-119(116-113-71)74-35-38-104(5)68(47-74)50-89(122)98-83-29-26-80(107(83,8)92(125)53-86(98)104)62(2)11-32-95(128)110-41-44-148(137,138)139)78-23-17-66(18-24-78)102(132)145-60-72-57-120(117-114-72)75-36-39-105(6)69(48-75)51-90(123)99-84-30-27-81(108(84,9)93(126)54-87(99)105)63(3)12-33-96(129)111-42-45-149(140,141)142/h13-24,55-57,61-63,67-69,73-75,79-93,97-99,121-126H,10-12,25-54,58-60H2,1-9H3,(H,109,127)(H,110,128)(H,111,129)(H,134,135,136)(H,137,138,139)(H,140,141,142)/t61-,62-,63-,67+,68+,69+,73-,74-,75-,79-,80-,81-,82+,83+,84+,85+,86+,87+,88-,89-,90-,91+,92+,93+,97+,98+,99+,103+,104+,105+,106-,107-,108-/m1/s1. The fraction of sp³-hybridized carbons (Fsp3) is 0.722. The van der Waals surface area contributed by atoms with Gasteiger partial charge >= 0.3 is 17.9 Å². The SMILES string of the molecule is C[C@H](CCC(=O)NCCS(=O)(=O)O)[C@H]1CC[C@H]2[C@@H]3[C@H](O)C[C@@H]4C[C@H](n5cc(COC(=O)c6ccc(P(=O)(c7ccc(C(=O)OCc8cn([C@@H]9CC[C@@]%10(C)[C@@H](C9)C[C@@H](O)[C@@H]9[C@@H]%10C[C@H](O)[C@]%10(C)[C@@H]([C@H](C)CCC(=O)NCCS(=O)(=O)O)CC[C@@H]9%10)nn8)cc7)c7ccc(C(=O)OCc8cn([C@@H]9CC[C@@]%10(C)[C@@H](C9)C[C@@H](O)[C@@H]9[C@@H]%10C[C@H](O)[C@]%10(C)[C@@H]([C@H](C)CCC(=O)NCCS(=O)(=O)O)CC[C@@H]9%10)nn8)cc7)cc6)nn5)CC[C@]4(C)[C@H]3C[C@H](O)[C@]12C. The number of esters is 3. The van der Waals surface area contributed by atoms with Gasteiger partial charge in [0.2, 0.25) is 17.7 Å². The Morgan fingerprint density at radius 1 is 0.376 bits per heavy atom. The van der Waals surface area contributed by atoms with Gasteiger partial charge in [0, 0.05) is 54.8 Å². The van der Waals surface area contributed by atoms with Gasteiger partial charge in [-0.15, -0.1) is 15.3 Å². The molecular formula is C108H153N12O25PS3. The van der Waals surface area contributed by atoms with Crippen molar-refractivity contribution in [3.63, 3.8) is 0 Å². The Morgan fingerprint density at radius 3 is 0.879 bits per heavy atom. The van der Waals surface area contributed by atoms with Crippen LogP contribution in [0.25, 0.3) is 0 Å². The van der Waals surface area contributed by atoms with E-state index in [1.54, 1.807) is 55.0 Å². The quantitative estimate of drug-likeness (QED) is 0.00752. The first kappa shape index (κ1) is 110. The third kappa shape index (κ3) is 21.8. The third-order valence-corrected chi connectivity index (χ3v) is 46.6. The molecule has 6 aromatic rings. The summed E-state index contributed by atoms with van der Waals surface area (Å²) in [6, 6.07) is 18.5. The van der Waals surface area contributed by atoms with Crippen molar-refractivity contribution in [2.24, 2.45) is 139 Å². The van der Waals surface area contributed by atoms with E-state index in [1.807, 2.05) is 14.0 Å². The largest absolute Gasteiger partial charge is 0.455 e. The predicted octanol–water partition coefficient (Wildman–Crippen LogP) is 10.9. The summed E-state index contributed by atoms with van der Waals surface area (Å²) < 4.78 is 134. The summed E-state index contributed by atoms with van der Waals surface area (Å²) in [7, 11) is -16.6. The number of benzene rings is 3. The molecule has 3 aromatic carbocycles. The van der Waals surface area contributed by atoms with E-state index in [2.05, 4.69) is 109 Å². The van der Waals surface area contributed by atoms with Crippen LogP contribution in [-0.2, 0) is 83.3 Å². The molecular weight excluding hydrogens is 1990 g/mol. The summed E-state index contributed by atoms with van der Waals surface area (Å²) in [6.07, 6.45) is 19.5. The van der Waals surface area contributed by atoms with Gasteiger partial charge in [0.1, 0.15) is 36.9 Å². The average Bonchev–Trinajstić information content (AvgIpc) is 1.49. The van der Waals surface area contributed by atoms with Crippen LogP contribution in [0.2, 0.25) is 0 Å². The first-order chi connectivity index (χ1) is 70.4. The number of aliphatic hydroxyl groups excluding tert-OH is 6. The fourth-order valence-corrected chi connectivity index (χ4v) is 36.9. The molecule has 41 heteroatoms. The topological polar surface area (TPSA) is 560 Å². The Bertz CT molecular complexity index is 5710. The van der Waals surface area contributed by atoms with Crippen molar-refractivity contribution in [1.29, 1.82) is 0 Å². The zero-order chi connectivity index (χ0) is 107. The molecule has 0 aliphatic heterocycles. The van der Waals surface area contributed by atoms with Crippen LogP contribution >= 0.6 is 7.14 Å². The maximum Gasteiger partial charge on any atom is 0.338 e. The Balaban J connectivity index is 0.510. The summed E-state index contributed by atoms with van der Waals surface area (Å²) in [5.74, 6) is -3.31. The molecule has 12 aliphatic rings. The second-order valence-electron chi connectivity index (χ2n) is 48.6. The number of amides is 3. The smallest absolute Gasteiger partial charge is 0.338 e. The van der Waals surface area contributed by atoms with Crippen molar-refractivity contribution < 1.29 is 117 Å². The molecule has 0 saturated heterocycles. The lowest BCUT2D eigenvalue weighted by atomic mass is 9.43. The van der Waals surface area contributed by atoms with Crippen LogP contribution in [0.4, 0.5) is 0 Å². The normalized spacial score (nSPS) is 36.3. The zero-order valence-corrected chi connectivity index (χ0v) is 90.3. The first-order valence-corrected chi connectivity index (χ1v) is 60.9. The van der Waals surface area contributed by atoms with Gasteiger partial charge in [0.15, 0.2) is 7.14 Å². The lowest BCUT2D eigenvalue weighted by molar-refractivity contribution is -0.204. The minimum atomic E-state index is -4.22. The molecule has 3 amide bonds. The summed E-state index contributed by atoms with van der Waals surface area (Å²) in [4.78, 5) is 80.6. The van der Waals surface area contributed by atoms with Crippen molar-refractivity contribution >= 4 is 89.0 Å². The number of carbonyl (C=O) groups excluding carboxylic acids is 6. The summed E-state index contributed by atoms with van der Waals surface area (Å²) in [5.41, 5.74) is -0.248. The molecule has 0 spiro atoms. The molecule has 3 heterocycles. The van der Waals surface area contributed by atoms with Crippen molar-refractivity contribution in [1.82, 2.24) is 60.9 Å². The van der Waals surface area contributed by atoms with E-state index >= 15 is 4.57 Å². The monoisotopic (exact) mass is 2140 g/mol. The maximum atomic E-state index is 16.5. The van der Waals surface area contributed by atoms with Crippen LogP contribution in [-0.4, -0.2) is 224 Å². The Hall–Kier alpha value is -8.38.